The lowest BCUT2D eigenvalue weighted by Gasteiger charge is -2.32. The number of hydrogen-bond donors (Lipinski definition) is 1. The number of rotatable bonds is 11. The minimum Gasteiger partial charge on any atom is -0.493 e. The zero-order chi connectivity index (χ0) is 28.0. The topological polar surface area (TPSA) is 105 Å². The van der Waals surface area contributed by atoms with Gasteiger partial charge in [-0.25, -0.2) is 8.42 Å². The quantitative estimate of drug-likeness (QED) is 0.422. The number of sulfonamides is 1. The first kappa shape index (κ1) is 29.9. The van der Waals surface area contributed by atoms with Crippen LogP contribution in [0, 0.1) is 0 Å². The number of ether oxygens (including phenoxy) is 2. The maximum Gasteiger partial charge on any atom is 0.244 e. The first-order valence-electron chi connectivity index (χ1n) is 12.2. The summed E-state index contributed by atoms with van der Waals surface area (Å²) < 4.78 is 37.1. The maximum absolute atomic E-state index is 13.7. The number of amides is 2. The summed E-state index contributed by atoms with van der Waals surface area (Å²) in [6, 6.07) is 8.69. The maximum atomic E-state index is 13.7. The fourth-order valence-electron chi connectivity index (χ4n) is 4.40. The Morgan fingerprint density at radius 2 is 1.68 bits per heavy atom. The van der Waals surface area contributed by atoms with Crippen LogP contribution in [0.4, 0.5) is 5.69 Å². The van der Waals surface area contributed by atoms with Crippen LogP contribution in [0.15, 0.2) is 36.4 Å². The minimum atomic E-state index is -3.89. The molecule has 3 rings (SSSR count). The number of halogens is 2. The fourth-order valence-corrected chi connectivity index (χ4v) is 5.57. The average Bonchev–Trinajstić information content (AvgIpc) is 3.39. The van der Waals surface area contributed by atoms with Gasteiger partial charge in [0.1, 0.15) is 12.6 Å². The molecule has 2 aromatic rings. The van der Waals surface area contributed by atoms with Crippen molar-refractivity contribution < 1.29 is 27.5 Å². The van der Waals surface area contributed by atoms with E-state index in [-0.39, 0.29) is 24.2 Å². The molecule has 1 aliphatic carbocycles. The third-order valence-corrected chi connectivity index (χ3v) is 8.42. The smallest absolute Gasteiger partial charge is 0.244 e. The van der Waals surface area contributed by atoms with Crippen LogP contribution in [-0.4, -0.2) is 64.2 Å². The van der Waals surface area contributed by atoms with Crippen LogP contribution in [-0.2, 0) is 26.2 Å². The predicted octanol–water partition coefficient (Wildman–Crippen LogP) is 4.25. The van der Waals surface area contributed by atoms with Gasteiger partial charge in [0.25, 0.3) is 0 Å². The van der Waals surface area contributed by atoms with E-state index in [1.807, 2.05) is 0 Å². The monoisotopic (exact) mass is 585 g/mol. The second-order valence-electron chi connectivity index (χ2n) is 9.24. The van der Waals surface area contributed by atoms with Gasteiger partial charge < -0.3 is 19.7 Å². The lowest BCUT2D eigenvalue weighted by atomic mass is 10.1. The summed E-state index contributed by atoms with van der Waals surface area (Å²) in [6.45, 7) is 1.12. The van der Waals surface area contributed by atoms with Gasteiger partial charge >= 0.3 is 0 Å². The molecule has 1 saturated carbocycles. The highest BCUT2D eigenvalue weighted by Crippen LogP contribution is 2.32. The van der Waals surface area contributed by atoms with E-state index in [0.717, 1.165) is 36.2 Å². The largest absolute Gasteiger partial charge is 0.493 e. The van der Waals surface area contributed by atoms with E-state index in [2.05, 4.69) is 5.32 Å². The Morgan fingerprint density at radius 1 is 1.03 bits per heavy atom. The summed E-state index contributed by atoms with van der Waals surface area (Å²) in [5.41, 5.74) is 0.862. The van der Waals surface area contributed by atoms with Crippen molar-refractivity contribution in [3.8, 4) is 11.5 Å². The van der Waals surface area contributed by atoms with Crippen LogP contribution in [0.25, 0.3) is 0 Å². The highest BCUT2D eigenvalue weighted by atomic mass is 35.5. The highest BCUT2D eigenvalue weighted by molar-refractivity contribution is 7.92. The number of benzene rings is 2. The van der Waals surface area contributed by atoms with Crippen molar-refractivity contribution >= 4 is 50.7 Å². The van der Waals surface area contributed by atoms with Gasteiger partial charge in [-0.2, -0.15) is 0 Å². The van der Waals surface area contributed by atoms with Crippen LogP contribution in [0.5, 0.6) is 11.5 Å². The third-order valence-electron chi connectivity index (χ3n) is 6.54. The third kappa shape index (κ3) is 7.45. The molecule has 2 aromatic carbocycles. The van der Waals surface area contributed by atoms with Crippen LogP contribution < -0.4 is 19.1 Å². The van der Waals surface area contributed by atoms with E-state index < -0.39 is 28.5 Å². The number of methoxy groups -OCH3 is 2. The Morgan fingerprint density at radius 3 is 2.26 bits per heavy atom. The van der Waals surface area contributed by atoms with E-state index in [1.165, 1.54) is 31.3 Å². The Hall–Kier alpha value is -2.69. The zero-order valence-corrected chi connectivity index (χ0v) is 24.2. The summed E-state index contributed by atoms with van der Waals surface area (Å²) in [6.07, 6.45) is 4.87. The summed E-state index contributed by atoms with van der Waals surface area (Å²) in [7, 11) is -0.992. The van der Waals surface area contributed by atoms with Crippen LogP contribution in [0.1, 0.15) is 38.2 Å². The van der Waals surface area contributed by atoms with Crippen molar-refractivity contribution in [2.45, 2.75) is 51.2 Å². The summed E-state index contributed by atoms with van der Waals surface area (Å²) in [4.78, 5) is 28.2. The van der Waals surface area contributed by atoms with E-state index >= 15 is 0 Å². The molecule has 0 aromatic heterocycles. The van der Waals surface area contributed by atoms with E-state index in [4.69, 9.17) is 32.7 Å². The van der Waals surface area contributed by atoms with Gasteiger partial charge in [0.15, 0.2) is 11.5 Å². The molecule has 0 saturated heterocycles. The molecule has 0 radical (unpaired) electrons. The molecular formula is C26H33Cl2N3O6S. The predicted molar refractivity (Wildman–Crippen MR) is 149 cm³/mol. The highest BCUT2D eigenvalue weighted by Gasteiger charge is 2.31. The standard InChI is InChI=1S/C26H33Cl2N3O6S/c1-17(26(33)29-19-7-5-6-8-19)30(15-18-9-11-21(27)22(28)13-18)25(32)16-31(38(4,34)35)20-10-12-23(36-2)24(14-20)37-3/h9-14,17,19H,5-8,15-16H2,1-4H3,(H,29,33)/t17-/m1/s1. The van der Waals surface area contributed by atoms with Crippen molar-refractivity contribution in [2.75, 3.05) is 31.3 Å². The SMILES string of the molecule is COc1ccc(N(CC(=O)N(Cc2ccc(Cl)c(Cl)c2)[C@H](C)C(=O)NC2CCCC2)S(C)(=O)=O)cc1OC. The lowest BCUT2D eigenvalue weighted by molar-refractivity contribution is -0.139. The van der Waals surface area contributed by atoms with Gasteiger partial charge in [0.2, 0.25) is 21.8 Å². The average molecular weight is 587 g/mol. The van der Waals surface area contributed by atoms with Crippen molar-refractivity contribution in [1.29, 1.82) is 0 Å². The molecule has 0 heterocycles. The minimum absolute atomic E-state index is 0.0263. The molecule has 0 bridgehead atoms. The number of nitrogens with zero attached hydrogens (tertiary/aromatic N) is 2. The molecule has 208 valence electrons. The summed E-state index contributed by atoms with van der Waals surface area (Å²) >= 11 is 12.2. The molecular weight excluding hydrogens is 553 g/mol. The molecule has 2 amide bonds. The first-order valence-corrected chi connectivity index (χ1v) is 14.8. The van der Waals surface area contributed by atoms with Crippen LogP contribution in [0.2, 0.25) is 10.0 Å². The van der Waals surface area contributed by atoms with E-state index in [1.54, 1.807) is 31.2 Å². The van der Waals surface area contributed by atoms with Gasteiger partial charge in [-0.05, 0) is 49.6 Å². The lowest BCUT2D eigenvalue weighted by Crippen LogP contribution is -2.52. The van der Waals surface area contributed by atoms with E-state index in [9.17, 15) is 18.0 Å². The van der Waals surface area contributed by atoms with Gasteiger partial charge in [-0.3, -0.25) is 13.9 Å². The number of anilines is 1. The number of carbonyl (C=O) groups is 2. The van der Waals surface area contributed by atoms with Gasteiger partial charge in [0.05, 0.1) is 36.2 Å². The van der Waals surface area contributed by atoms with Crippen LogP contribution in [0.3, 0.4) is 0 Å². The second kappa shape index (κ2) is 12.9. The molecule has 1 fully saturated rings. The van der Waals surface area contributed by atoms with E-state index in [0.29, 0.717) is 27.1 Å². The molecule has 12 heteroatoms. The summed E-state index contributed by atoms with van der Waals surface area (Å²) in [5.74, 6) is -0.148. The van der Waals surface area contributed by atoms with Crippen molar-refractivity contribution in [3.05, 3.63) is 52.0 Å². The fraction of sp³-hybridized carbons (Fsp3) is 0.462. The molecule has 0 aliphatic heterocycles. The first-order chi connectivity index (χ1) is 17.9. The Labute approximate surface area is 234 Å². The second-order valence-corrected chi connectivity index (χ2v) is 12.0. The van der Waals surface area contributed by atoms with Gasteiger partial charge in [0, 0.05) is 18.7 Å². The van der Waals surface area contributed by atoms with Gasteiger partial charge in [-0.1, -0.05) is 42.1 Å². The molecule has 1 N–H and O–H groups in total. The normalized spacial score (nSPS) is 14.6. The molecule has 9 nitrogen and oxygen atoms in total. The van der Waals surface area contributed by atoms with Crippen molar-refractivity contribution in [1.82, 2.24) is 10.2 Å². The molecule has 0 spiro atoms. The zero-order valence-electron chi connectivity index (χ0n) is 21.9. The summed E-state index contributed by atoms with van der Waals surface area (Å²) in [5, 5.41) is 3.69. The molecule has 38 heavy (non-hydrogen) atoms. The molecule has 1 atom stereocenters. The van der Waals surface area contributed by atoms with Gasteiger partial charge in [-0.15, -0.1) is 0 Å². The Kier molecular flexibility index (Phi) is 10.1. The number of nitrogens with one attached hydrogen (secondary N) is 1. The Balaban J connectivity index is 1.93. The molecule has 0 unspecified atom stereocenters. The Bertz CT molecular complexity index is 1270. The molecule has 1 aliphatic rings. The van der Waals surface area contributed by atoms with Crippen LogP contribution >= 0.6 is 23.2 Å². The van der Waals surface area contributed by atoms with Crippen molar-refractivity contribution in [2.24, 2.45) is 0 Å². The number of carbonyl (C=O) groups excluding carboxylic acids is 2. The number of hydrogen-bond acceptors (Lipinski definition) is 6. The van der Waals surface area contributed by atoms with Crippen molar-refractivity contribution in [3.63, 3.8) is 0 Å².